The Morgan fingerprint density at radius 3 is 2.00 bits per heavy atom. The highest BCUT2D eigenvalue weighted by Crippen LogP contribution is 2.23. The molecule has 0 aromatic heterocycles. The molecule has 1 amide bonds. The van der Waals surface area contributed by atoms with Crippen molar-refractivity contribution in [2.75, 3.05) is 24.9 Å². The fraction of sp³-hybridized carbons (Fsp3) is 0.136. The number of hydrogen-bond donors (Lipinski definition) is 2. The lowest BCUT2D eigenvalue weighted by Crippen LogP contribution is -2.12. The number of anilines is 2. The molecule has 0 aliphatic heterocycles. The van der Waals surface area contributed by atoms with Crippen molar-refractivity contribution in [2.24, 2.45) is 0 Å². The van der Waals surface area contributed by atoms with Gasteiger partial charge < -0.3 is 20.1 Å². The molecule has 0 atom stereocenters. The summed E-state index contributed by atoms with van der Waals surface area (Å²) in [7, 11) is 3.11. The van der Waals surface area contributed by atoms with E-state index in [1.165, 1.54) is 5.56 Å². The van der Waals surface area contributed by atoms with Crippen molar-refractivity contribution in [3.63, 3.8) is 0 Å². The molecule has 5 heteroatoms. The molecule has 0 radical (unpaired) electrons. The molecule has 2 N–H and O–H groups in total. The fourth-order valence-electron chi connectivity index (χ4n) is 2.61. The first kappa shape index (κ1) is 18.3. The average Bonchev–Trinajstić information content (AvgIpc) is 2.73. The van der Waals surface area contributed by atoms with Gasteiger partial charge in [0, 0.05) is 29.5 Å². The molecule has 5 nitrogen and oxygen atoms in total. The Hall–Kier alpha value is -3.47. The Morgan fingerprint density at radius 1 is 0.815 bits per heavy atom. The highest BCUT2D eigenvalue weighted by atomic mass is 16.5. The molecule has 27 heavy (non-hydrogen) atoms. The Kier molecular flexibility index (Phi) is 5.94. The van der Waals surface area contributed by atoms with E-state index in [4.69, 9.17) is 9.47 Å². The van der Waals surface area contributed by atoms with E-state index in [0.717, 1.165) is 12.2 Å². The van der Waals surface area contributed by atoms with E-state index in [0.29, 0.717) is 22.7 Å². The van der Waals surface area contributed by atoms with Gasteiger partial charge in [-0.05, 0) is 42.0 Å². The lowest BCUT2D eigenvalue weighted by Gasteiger charge is -2.10. The summed E-state index contributed by atoms with van der Waals surface area (Å²) < 4.78 is 10.4. The summed E-state index contributed by atoms with van der Waals surface area (Å²) >= 11 is 0. The zero-order valence-electron chi connectivity index (χ0n) is 15.4. The van der Waals surface area contributed by atoms with E-state index in [-0.39, 0.29) is 5.91 Å². The van der Waals surface area contributed by atoms with Crippen LogP contribution >= 0.6 is 0 Å². The van der Waals surface area contributed by atoms with Crippen molar-refractivity contribution < 1.29 is 14.3 Å². The van der Waals surface area contributed by atoms with Crippen LogP contribution in [-0.2, 0) is 6.54 Å². The van der Waals surface area contributed by atoms with Crippen LogP contribution in [0.1, 0.15) is 15.9 Å². The van der Waals surface area contributed by atoms with Crippen molar-refractivity contribution in [1.29, 1.82) is 0 Å². The van der Waals surface area contributed by atoms with Crippen molar-refractivity contribution >= 4 is 17.3 Å². The number of methoxy groups -OCH3 is 2. The highest BCUT2D eigenvalue weighted by molar-refractivity contribution is 6.04. The van der Waals surface area contributed by atoms with Gasteiger partial charge in [-0.1, -0.05) is 30.3 Å². The summed E-state index contributed by atoms with van der Waals surface area (Å²) in [5, 5.41) is 6.24. The normalized spacial score (nSPS) is 10.1. The first-order valence-corrected chi connectivity index (χ1v) is 8.60. The highest BCUT2D eigenvalue weighted by Gasteiger charge is 2.10. The molecular weight excluding hydrogens is 340 g/mol. The van der Waals surface area contributed by atoms with Gasteiger partial charge in [0.2, 0.25) is 0 Å². The van der Waals surface area contributed by atoms with E-state index in [9.17, 15) is 4.79 Å². The van der Waals surface area contributed by atoms with E-state index >= 15 is 0 Å². The van der Waals surface area contributed by atoms with E-state index in [1.807, 2.05) is 42.5 Å². The van der Waals surface area contributed by atoms with Gasteiger partial charge in [0.25, 0.3) is 5.91 Å². The largest absolute Gasteiger partial charge is 0.497 e. The van der Waals surface area contributed by atoms with Gasteiger partial charge in [-0.15, -0.1) is 0 Å². The van der Waals surface area contributed by atoms with E-state index < -0.39 is 0 Å². The summed E-state index contributed by atoms with van der Waals surface area (Å²) in [5.41, 5.74) is 3.38. The summed E-state index contributed by atoms with van der Waals surface area (Å²) in [6, 6.07) is 22.9. The number of amides is 1. The zero-order chi connectivity index (χ0) is 19.1. The fourth-order valence-corrected chi connectivity index (χ4v) is 2.61. The monoisotopic (exact) mass is 362 g/mol. The summed E-state index contributed by atoms with van der Waals surface area (Å²) in [6.07, 6.45) is 0. The van der Waals surface area contributed by atoms with Gasteiger partial charge in [0.1, 0.15) is 11.5 Å². The third-order valence-corrected chi connectivity index (χ3v) is 4.10. The zero-order valence-corrected chi connectivity index (χ0v) is 15.4. The number of nitrogens with one attached hydrogen (secondary N) is 2. The number of hydrogen-bond acceptors (Lipinski definition) is 4. The molecule has 138 valence electrons. The van der Waals surface area contributed by atoms with Gasteiger partial charge in [-0.25, -0.2) is 0 Å². The lowest BCUT2D eigenvalue weighted by molar-refractivity contribution is 0.102. The van der Waals surface area contributed by atoms with Crippen LogP contribution in [0.2, 0.25) is 0 Å². The maximum Gasteiger partial charge on any atom is 0.255 e. The quantitative estimate of drug-likeness (QED) is 0.646. The number of carbonyl (C=O) groups excluding carboxylic acids is 1. The molecule has 0 aliphatic rings. The summed E-state index contributed by atoms with van der Waals surface area (Å²) in [6.45, 7) is 0.746. The first-order valence-electron chi connectivity index (χ1n) is 8.60. The van der Waals surface area contributed by atoms with Crippen LogP contribution in [0.4, 0.5) is 11.4 Å². The number of rotatable bonds is 7. The molecule has 3 rings (SSSR count). The molecule has 0 spiro atoms. The van der Waals surface area contributed by atoms with Crippen LogP contribution in [0.15, 0.2) is 72.8 Å². The SMILES string of the molecule is COc1cc(OC)cc(C(=O)Nc2ccc(NCc3ccccc3)cc2)c1. The average molecular weight is 362 g/mol. The van der Waals surface area contributed by atoms with Crippen molar-refractivity contribution in [2.45, 2.75) is 6.54 Å². The molecule has 0 saturated carbocycles. The van der Waals surface area contributed by atoms with Gasteiger partial charge in [-0.2, -0.15) is 0 Å². The van der Waals surface area contributed by atoms with Crippen LogP contribution in [0.25, 0.3) is 0 Å². The van der Waals surface area contributed by atoms with Crippen molar-refractivity contribution in [3.8, 4) is 11.5 Å². The van der Waals surface area contributed by atoms with Crippen LogP contribution in [0.3, 0.4) is 0 Å². The Bertz CT molecular complexity index is 871. The maximum atomic E-state index is 12.5. The van der Waals surface area contributed by atoms with Crippen LogP contribution in [0, 0.1) is 0 Å². The molecule has 0 heterocycles. The predicted molar refractivity (Wildman–Crippen MR) is 108 cm³/mol. The third kappa shape index (κ3) is 5.01. The second-order valence-electron chi connectivity index (χ2n) is 5.97. The molecule has 3 aromatic carbocycles. The second kappa shape index (κ2) is 8.76. The minimum atomic E-state index is -0.225. The Morgan fingerprint density at radius 2 is 1.41 bits per heavy atom. The van der Waals surface area contributed by atoms with E-state index in [2.05, 4.69) is 22.8 Å². The Labute approximate surface area is 158 Å². The van der Waals surface area contributed by atoms with Gasteiger partial charge in [-0.3, -0.25) is 4.79 Å². The van der Waals surface area contributed by atoms with E-state index in [1.54, 1.807) is 32.4 Å². The molecule has 0 unspecified atom stereocenters. The molecule has 0 fully saturated rings. The standard InChI is InChI=1S/C22H22N2O3/c1-26-20-12-17(13-21(14-20)27-2)22(25)24-19-10-8-18(9-11-19)23-15-16-6-4-3-5-7-16/h3-14,23H,15H2,1-2H3,(H,24,25). The van der Waals surface area contributed by atoms with Gasteiger partial charge >= 0.3 is 0 Å². The van der Waals surface area contributed by atoms with Crippen LogP contribution in [-0.4, -0.2) is 20.1 Å². The van der Waals surface area contributed by atoms with Gasteiger partial charge in [0.05, 0.1) is 14.2 Å². The maximum absolute atomic E-state index is 12.5. The van der Waals surface area contributed by atoms with Crippen molar-refractivity contribution in [1.82, 2.24) is 0 Å². The minimum Gasteiger partial charge on any atom is -0.497 e. The molecule has 0 bridgehead atoms. The summed E-state index contributed by atoms with van der Waals surface area (Å²) in [5.74, 6) is 0.914. The van der Waals surface area contributed by atoms with Gasteiger partial charge in [0.15, 0.2) is 0 Å². The predicted octanol–water partition coefficient (Wildman–Crippen LogP) is 4.57. The van der Waals surface area contributed by atoms with Crippen molar-refractivity contribution in [3.05, 3.63) is 83.9 Å². The number of benzene rings is 3. The Balaban J connectivity index is 1.63. The first-order chi connectivity index (χ1) is 13.2. The topological polar surface area (TPSA) is 59.6 Å². The molecule has 3 aromatic rings. The molecule has 0 aliphatic carbocycles. The molecular formula is C22H22N2O3. The van der Waals surface area contributed by atoms with Crippen LogP contribution < -0.4 is 20.1 Å². The number of carbonyl (C=O) groups is 1. The lowest BCUT2D eigenvalue weighted by atomic mass is 10.1. The smallest absolute Gasteiger partial charge is 0.255 e. The third-order valence-electron chi connectivity index (χ3n) is 4.10. The minimum absolute atomic E-state index is 0.225. The molecule has 0 saturated heterocycles. The summed E-state index contributed by atoms with van der Waals surface area (Å²) in [4.78, 5) is 12.5. The number of ether oxygens (including phenoxy) is 2. The second-order valence-corrected chi connectivity index (χ2v) is 5.97. The van der Waals surface area contributed by atoms with Crippen LogP contribution in [0.5, 0.6) is 11.5 Å².